The molecular formula is C15H17N3O4S. The summed E-state index contributed by atoms with van der Waals surface area (Å²) in [6.45, 7) is 3.65. The molecule has 1 amide bonds. The molecule has 0 fully saturated rings. The van der Waals surface area contributed by atoms with Gasteiger partial charge in [0, 0.05) is 5.56 Å². The number of hydrogen-bond donors (Lipinski definition) is 3. The van der Waals surface area contributed by atoms with Crippen molar-refractivity contribution in [1.29, 1.82) is 0 Å². The molecule has 0 bridgehead atoms. The lowest BCUT2D eigenvalue weighted by Gasteiger charge is -2.12. The lowest BCUT2D eigenvalue weighted by Crippen LogP contribution is -2.14. The first-order valence-electron chi connectivity index (χ1n) is 6.68. The number of carbonyl (C=O) groups is 1. The lowest BCUT2D eigenvalue weighted by molar-refractivity contribution is 0.102. The molecule has 0 saturated carbocycles. The van der Waals surface area contributed by atoms with Gasteiger partial charge in [-0.15, -0.1) is 0 Å². The number of aromatic nitrogens is 2. The maximum Gasteiger partial charge on any atom is 0.255 e. The summed E-state index contributed by atoms with van der Waals surface area (Å²) in [5, 5.41) is 22.3. The number of rotatable bonds is 4. The highest BCUT2D eigenvalue weighted by molar-refractivity contribution is 7.98. The normalized spacial score (nSPS) is 10.4. The first kappa shape index (κ1) is 16.9. The Labute approximate surface area is 137 Å². The third-order valence-electron chi connectivity index (χ3n) is 3.20. The second kappa shape index (κ2) is 6.74. The average Bonchev–Trinajstić information content (AvgIpc) is 2.50. The maximum atomic E-state index is 12.3. The van der Waals surface area contributed by atoms with Crippen LogP contribution in [-0.4, -0.2) is 39.5 Å². The van der Waals surface area contributed by atoms with Crippen LogP contribution >= 0.6 is 11.8 Å². The van der Waals surface area contributed by atoms with Crippen LogP contribution in [0.2, 0.25) is 0 Å². The number of ether oxygens (including phenoxy) is 1. The molecule has 3 N–H and O–H groups in total. The van der Waals surface area contributed by atoms with Crippen molar-refractivity contribution in [3.8, 4) is 17.5 Å². The monoisotopic (exact) mass is 335 g/mol. The fraction of sp³-hybridized carbons (Fsp3) is 0.267. The van der Waals surface area contributed by atoms with E-state index >= 15 is 0 Å². The molecule has 23 heavy (non-hydrogen) atoms. The average molecular weight is 335 g/mol. The van der Waals surface area contributed by atoms with Crippen molar-refractivity contribution in [1.82, 2.24) is 9.97 Å². The standard InChI is InChI=1S/C15H17N3O4S/c1-7-5-9(6-8(2)11(7)22-3)12(19)16-10-13(20)17-15(23-4)18-14(10)21/h5-6H,1-4H3,(H,16,19)(H2,17,18,20,21). The topological polar surface area (TPSA) is 105 Å². The Balaban J connectivity index is 2.33. The van der Waals surface area contributed by atoms with Crippen molar-refractivity contribution < 1.29 is 19.7 Å². The predicted octanol–water partition coefficient (Wildman–Crippen LogP) is 2.49. The summed E-state index contributed by atoms with van der Waals surface area (Å²) < 4.78 is 5.26. The number of methoxy groups -OCH3 is 1. The second-order valence-corrected chi connectivity index (χ2v) is 5.60. The quantitative estimate of drug-likeness (QED) is 0.582. The Morgan fingerprint density at radius 1 is 1.17 bits per heavy atom. The SMILES string of the molecule is COc1c(C)cc(C(=O)Nc2c(O)nc(SC)nc2O)cc1C. The fourth-order valence-electron chi connectivity index (χ4n) is 2.21. The number of carbonyl (C=O) groups excluding carboxylic acids is 1. The summed E-state index contributed by atoms with van der Waals surface area (Å²) in [5.41, 5.74) is 1.76. The van der Waals surface area contributed by atoms with Crippen LogP contribution in [0.3, 0.4) is 0 Å². The number of thioether (sulfide) groups is 1. The number of anilines is 1. The molecule has 0 aliphatic carbocycles. The van der Waals surface area contributed by atoms with Gasteiger partial charge in [0.25, 0.3) is 5.91 Å². The molecule has 0 unspecified atom stereocenters. The van der Waals surface area contributed by atoms with Crippen LogP contribution in [-0.2, 0) is 0 Å². The largest absolute Gasteiger partial charge is 0.496 e. The highest BCUT2D eigenvalue weighted by Gasteiger charge is 2.18. The molecule has 1 heterocycles. The van der Waals surface area contributed by atoms with Gasteiger partial charge in [-0.1, -0.05) is 11.8 Å². The van der Waals surface area contributed by atoms with Gasteiger partial charge in [-0.25, -0.2) is 0 Å². The van der Waals surface area contributed by atoms with Crippen molar-refractivity contribution in [2.45, 2.75) is 19.0 Å². The van der Waals surface area contributed by atoms with E-state index in [4.69, 9.17) is 4.74 Å². The molecular weight excluding hydrogens is 318 g/mol. The van der Waals surface area contributed by atoms with E-state index < -0.39 is 17.7 Å². The molecule has 0 radical (unpaired) electrons. The molecule has 8 heteroatoms. The second-order valence-electron chi connectivity index (χ2n) is 4.83. The summed E-state index contributed by atoms with van der Waals surface area (Å²) in [5.74, 6) is -0.765. The number of hydrogen-bond acceptors (Lipinski definition) is 7. The number of aromatic hydroxyl groups is 2. The zero-order valence-electron chi connectivity index (χ0n) is 13.2. The summed E-state index contributed by atoms with van der Waals surface area (Å²) in [6, 6.07) is 3.32. The van der Waals surface area contributed by atoms with Crippen LogP contribution < -0.4 is 10.1 Å². The number of nitrogens with one attached hydrogen (secondary N) is 1. The Kier molecular flexibility index (Phi) is 4.95. The zero-order valence-corrected chi connectivity index (χ0v) is 14.0. The van der Waals surface area contributed by atoms with Gasteiger partial charge in [-0.2, -0.15) is 9.97 Å². The molecule has 0 saturated heterocycles. The van der Waals surface area contributed by atoms with Crippen LogP contribution in [0.15, 0.2) is 17.3 Å². The van der Waals surface area contributed by atoms with Crippen LogP contribution in [0.25, 0.3) is 0 Å². The molecule has 2 rings (SSSR count). The summed E-state index contributed by atoms with van der Waals surface area (Å²) in [4.78, 5) is 19.9. The molecule has 7 nitrogen and oxygen atoms in total. The third-order valence-corrected chi connectivity index (χ3v) is 3.75. The molecule has 2 aromatic rings. The Hall–Kier alpha value is -2.48. The van der Waals surface area contributed by atoms with Crippen molar-refractivity contribution in [3.63, 3.8) is 0 Å². The van der Waals surface area contributed by atoms with E-state index in [1.165, 1.54) is 0 Å². The maximum absolute atomic E-state index is 12.3. The highest BCUT2D eigenvalue weighted by atomic mass is 32.2. The Bertz CT molecular complexity index is 718. The van der Waals surface area contributed by atoms with E-state index in [0.29, 0.717) is 11.3 Å². The minimum Gasteiger partial charge on any atom is -0.496 e. The predicted molar refractivity (Wildman–Crippen MR) is 87.6 cm³/mol. The Morgan fingerprint density at radius 2 is 1.70 bits per heavy atom. The van der Waals surface area contributed by atoms with Crippen LogP contribution in [0, 0.1) is 13.8 Å². The van der Waals surface area contributed by atoms with Gasteiger partial charge in [0.2, 0.25) is 11.8 Å². The van der Waals surface area contributed by atoms with Gasteiger partial charge in [0.05, 0.1) is 7.11 Å². The van der Waals surface area contributed by atoms with E-state index in [1.807, 2.05) is 13.8 Å². The number of nitrogens with zero attached hydrogens (tertiary/aromatic N) is 2. The molecule has 122 valence electrons. The summed E-state index contributed by atoms with van der Waals surface area (Å²) in [6.07, 6.45) is 1.70. The van der Waals surface area contributed by atoms with Crippen molar-refractivity contribution in [2.75, 3.05) is 18.7 Å². The summed E-state index contributed by atoms with van der Waals surface area (Å²) >= 11 is 1.16. The zero-order chi connectivity index (χ0) is 17.1. The molecule has 1 aromatic heterocycles. The van der Waals surface area contributed by atoms with E-state index in [2.05, 4.69) is 15.3 Å². The number of benzene rings is 1. The van der Waals surface area contributed by atoms with Gasteiger partial charge < -0.3 is 20.3 Å². The highest BCUT2D eigenvalue weighted by Crippen LogP contribution is 2.32. The molecule has 0 atom stereocenters. The van der Waals surface area contributed by atoms with Gasteiger partial charge in [-0.3, -0.25) is 4.79 Å². The number of aryl methyl sites for hydroxylation is 2. The van der Waals surface area contributed by atoms with Gasteiger partial charge in [0.1, 0.15) is 5.75 Å². The molecule has 0 aliphatic rings. The molecule has 1 aromatic carbocycles. The van der Waals surface area contributed by atoms with Crippen molar-refractivity contribution in [3.05, 3.63) is 28.8 Å². The number of amides is 1. The van der Waals surface area contributed by atoms with Crippen molar-refractivity contribution in [2.24, 2.45) is 0 Å². The smallest absolute Gasteiger partial charge is 0.255 e. The van der Waals surface area contributed by atoms with Gasteiger partial charge >= 0.3 is 0 Å². The van der Waals surface area contributed by atoms with E-state index in [0.717, 1.165) is 22.9 Å². The third kappa shape index (κ3) is 3.48. The lowest BCUT2D eigenvalue weighted by atomic mass is 10.1. The van der Waals surface area contributed by atoms with E-state index in [-0.39, 0.29) is 10.8 Å². The van der Waals surface area contributed by atoms with Gasteiger partial charge in [-0.05, 0) is 43.4 Å². The van der Waals surface area contributed by atoms with Crippen molar-refractivity contribution >= 4 is 23.4 Å². The fourth-order valence-corrected chi connectivity index (χ4v) is 2.57. The minimum absolute atomic E-state index is 0.203. The van der Waals surface area contributed by atoms with E-state index in [1.54, 1.807) is 25.5 Å². The molecule has 0 aliphatic heterocycles. The summed E-state index contributed by atoms with van der Waals surface area (Å²) in [7, 11) is 1.57. The first-order chi connectivity index (χ1) is 10.9. The van der Waals surface area contributed by atoms with Crippen LogP contribution in [0.5, 0.6) is 17.5 Å². The Morgan fingerprint density at radius 3 is 2.13 bits per heavy atom. The van der Waals surface area contributed by atoms with Gasteiger partial charge in [0.15, 0.2) is 10.8 Å². The van der Waals surface area contributed by atoms with Crippen LogP contribution in [0.4, 0.5) is 5.69 Å². The minimum atomic E-state index is -0.495. The van der Waals surface area contributed by atoms with E-state index in [9.17, 15) is 15.0 Å². The van der Waals surface area contributed by atoms with Crippen LogP contribution in [0.1, 0.15) is 21.5 Å². The first-order valence-corrected chi connectivity index (χ1v) is 7.90. The molecule has 0 spiro atoms.